The smallest absolute Gasteiger partial charge is 0.311 e. The molecule has 7 nitrogen and oxygen atoms in total. The number of carbonyl (C=O) groups is 2. The lowest BCUT2D eigenvalue weighted by molar-refractivity contribution is -0.149. The van der Waals surface area contributed by atoms with Gasteiger partial charge in [0.05, 0.1) is 31.4 Å². The summed E-state index contributed by atoms with van der Waals surface area (Å²) >= 11 is 1.46. The Hall–Kier alpha value is -3.39. The van der Waals surface area contributed by atoms with Gasteiger partial charge in [-0.15, -0.1) is 11.3 Å². The topological polar surface area (TPSA) is 78.0 Å². The summed E-state index contributed by atoms with van der Waals surface area (Å²) < 4.78 is 16.1. The molecule has 8 heteroatoms. The molecule has 160 valence electrons. The van der Waals surface area contributed by atoms with Crippen LogP contribution in [0.25, 0.3) is 10.6 Å². The highest BCUT2D eigenvalue weighted by molar-refractivity contribution is 7.13. The number of methoxy groups -OCH3 is 2. The molecule has 1 aromatic heterocycles. The highest BCUT2D eigenvalue weighted by Gasteiger charge is 2.36. The van der Waals surface area contributed by atoms with Crippen molar-refractivity contribution >= 4 is 28.9 Å². The van der Waals surface area contributed by atoms with Crippen LogP contribution in [0.15, 0.2) is 53.9 Å². The summed E-state index contributed by atoms with van der Waals surface area (Å²) in [5.74, 6) is 0.382. The van der Waals surface area contributed by atoms with Crippen LogP contribution in [0.4, 0.5) is 5.69 Å². The maximum Gasteiger partial charge on any atom is 0.311 e. The quantitative estimate of drug-likeness (QED) is 0.520. The second-order valence-corrected chi connectivity index (χ2v) is 7.92. The minimum Gasteiger partial charge on any atom is -0.497 e. The van der Waals surface area contributed by atoms with Crippen molar-refractivity contribution < 1.29 is 23.8 Å². The number of amides is 1. The number of benzene rings is 2. The fourth-order valence-electron chi connectivity index (χ4n) is 3.47. The van der Waals surface area contributed by atoms with Crippen LogP contribution in [-0.4, -0.2) is 37.6 Å². The first-order chi connectivity index (χ1) is 15.1. The largest absolute Gasteiger partial charge is 0.497 e. The highest BCUT2D eigenvalue weighted by atomic mass is 32.1. The van der Waals surface area contributed by atoms with Crippen molar-refractivity contribution in [3.63, 3.8) is 0 Å². The number of esters is 1. The maximum atomic E-state index is 12.6. The minimum absolute atomic E-state index is 0.0638. The molecule has 31 heavy (non-hydrogen) atoms. The first-order valence-electron chi connectivity index (χ1n) is 9.78. The van der Waals surface area contributed by atoms with Crippen LogP contribution in [0.5, 0.6) is 11.5 Å². The highest BCUT2D eigenvalue weighted by Crippen LogP contribution is 2.32. The van der Waals surface area contributed by atoms with Crippen molar-refractivity contribution in [2.45, 2.75) is 13.0 Å². The predicted molar refractivity (Wildman–Crippen MR) is 117 cm³/mol. The molecule has 1 fully saturated rings. The molecule has 1 atom stereocenters. The van der Waals surface area contributed by atoms with Crippen molar-refractivity contribution in [3.05, 3.63) is 59.6 Å². The van der Waals surface area contributed by atoms with Gasteiger partial charge in [-0.1, -0.05) is 18.2 Å². The van der Waals surface area contributed by atoms with E-state index in [9.17, 15) is 9.59 Å². The molecule has 4 rings (SSSR count). The van der Waals surface area contributed by atoms with E-state index in [0.29, 0.717) is 17.1 Å². The van der Waals surface area contributed by atoms with Crippen LogP contribution in [0.3, 0.4) is 0 Å². The summed E-state index contributed by atoms with van der Waals surface area (Å²) in [5, 5.41) is 2.65. The summed E-state index contributed by atoms with van der Waals surface area (Å²) in [4.78, 5) is 31.2. The third-order valence-corrected chi connectivity index (χ3v) is 6.00. The Kier molecular flexibility index (Phi) is 6.18. The minimum atomic E-state index is -0.508. The molecular weight excluding hydrogens is 416 g/mol. The monoisotopic (exact) mass is 438 g/mol. The lowest BCUT2D eigenvalue weighted by Gasteiger charge is -2.17. The van der Waals surface area contributed by atoms with Crippen molar-refractivity contribution in [1.29, 1.82) is 0 Å². The summed E-state index contributed by atoms with van der Waals surface area (Å²) in [7, 11) is 3.19. The molecule has 0 spiro atoms. The lowest BCUT2D eigenvalue weighted by atomic mass is 10.1. The molecule has 1 aliphatic rings. The van der Waals surface area contributed by atoms with E-state index in [1.165, 1.54) is 11.3 Å². The van der Waals surface area contributed by atoms with E-state index in [-0.39, 0.29) is 25.5 Å². The number of ether oxygens (including phenoxy) is 3. The molecular formula is C23H22N2O5S. The maximum absolute atomic E-state index is 12.6. The van der Waals surface area contributed by atoms with E-state index in [1.54, 1.807) is 25.2 Å². The Bertz CT molecular complexity index is 1100. The van der Waals surface area contributed by atoms with E-state index >= 15 is 0 Å². The van der Waals surface area contributed by atoms with E-state index in [1.807, 2.05) is 47.8 Å². The van der Waals surface area contributed by atoms with Gasteiger partial charge in [-0.05, 0) is 24.3 Å². The van der Waals surface area contributed by atoms with Gasteiger partial charge in [0.2, 0.25) is 5.91 Å². The second-order valence-electron chi connectivity index (χ2n) is 7.06. The number of carbonyl (C=O) groups excluding carboxylic acids is 2. The first kappa shape index (κ1) is 20.9. The zero-order chi connectivity index (χ0) is 21.8. The zero-order valence-corrected chi connectivity index (χ0v) is 18.1. The lowest BCUT2D eigenvalue weighted by Crippen LogP contribution is -2.26. The van der Waals surface area contributed by atoms with E-state index in [2.05, 4.69) is 4.98 Å². The predicted octanol–water partition coefficient (Wildman–Crippen LogP) is 3.92. The fourth-order valence-corrected chi connectivity index (χ4v) is 4.31. The van der Waals surface area contributed by atoms with E-state index in [0.717, 1.165) is 16.3 Å². The second kappa shape index (κ2) is 9.18. The van der Waals surface area contributed by atoms with E-state index in [4.69, 9.17) is 14.2 Å². The van der Waals surface area contributed by atoms with Gasteiger partial charge in [0, 0.05) is 30.1 Å². The van der Waals surface area contributed by atoms with Crippen LogP contribution in [0.2, 0.25) is 0 Å². The normalized spacial score (nSPS) is 15.7. The molecule has 0 bridgehead atoms. The van der Waals surface area contributed by atoms with Gasteiger partial charge in [0.25, 0.3) is 0 Å². The molecule has 2 aromatic carbocycles. The average molecular weight is 439 g/mol. The van der Waals surface area contributed by atoms with Crippen LogP contribution >= 0.6 is 11.3 Å². The SMILES string of the molecule is COc1cccc(N2CC(C(=O)OCc3csc(-c4ccccc4OC)n3)CC2=O)c1. The number of hydrogen-bond donors (Lipinski definition) is 0. The Morgan fingerprint density at radius 3 is 2.81 bits per heavy atom. The number of anilines is 1. The average Bonchev–Trinajstić information content (AvgIpc) is 3.44. The number of thiazole rings is 1. The van der Waals surface area contributed by atoms with Crippen LogP contribution < -0.4 is 14.4 Å². The standard InChI is InChI=1S/C23H22N2O5S/c1-28-18-7-5-6-17(11-18)25-12-15(10-21(25)26)23(27)30-13-16-14-31-22(24-16)19-8-3-4-9-20(19)29-2/h3-9,11,14-15H,10,12-13H2,1-2H3. The van der Waals surface area contributed by atoms with Gasteiger partial charge in [-0.25, -0.2) is 4.98 Å². The van der Waals surface area contributed by atoms with Crippen molar-refractivity contribution in [3.8, 4) is 22.1 Å². The number of nitrogens with zero attached hydrogens (tertiary/aromatic N) is 2. The molecule has 2 heterocycles. The summed E-state index contributed by atoms with van der Waals surface area (Å²) in [5.41, 5.74) is 2.26. The molecule has 1 unspecified atom stereocenters. The third-order valence-electron chi connectivity index (χ3n) is 5.07. The number of hydrogen-bond acceptors (Lipinski definition) is 7. The molecule has 0 aliphatic carbocycles. The van der Waals surface area contributed by atoms with Crippen LogP contribution in [0.1, 0.15) is 12.1 Å². The van der Waals surface area contributed by atoms with Gasteiger partial charge >= 0.3 is 5.97 Å². The molecule has 1 saturated heterocycles. The van der Waals surface area contributed by atoms with Gasteiger partial charge in [0.15, 0.2) is 0 Å². The molecule has 1 amide bonds. The number of rotatable bonds is 7. The Morgan fingerprint density at radius 2 is 2.00 bits per heavy atom. The molecule has 0 radical (unpaired) electrons. The van der Waals surface area contributed by atoms with Crippen molar-refractivity contribution in [2.75, 3.05) is 25.7 Å². The fraction of sp³-hybridized carbons (Fsp3) is 0.261. The number of aromatic nitrogens is 1. The Balaban J connectivity index is 1.37. The molecule has 1 aliphatic heterocycles. The molecule has 0 N–H and O–H groups in total. The van der Waals surface area contributed by atoms with Crippen molar-refractivity contribution in [2.24, 2.45) is 5.92 Å². The summed E-state index contributed by atoms with van der Waals surface area (Å²) in [6.07, 6.45) is 0.125. The van der Waals surface area contributed by atoms with Crippen LogP contribution in [0, 0.1) is 5.92 Å². The van der Waals surface area contributed by atoms with Gasteiger partial charge in [-0.3, -0.25) is 9.59 Å². The third kappa shape index (κ3) is 4.54. The first-order valence-corrected chi connectivity index (χ1v) is 10.7. The molecule has 3 aromatic rings. The Labute approximate surface area is 184 Å². The Morgan fingerprint density at radius 1 is 1.16 bits per heavy atom. The number of para-hydroxylation sites is 1. The van der Waals surface area contributed by atoms with Gasteiger partial charge in [0.1, 0.15) is 23.1 Å². The van der Waals surface area contributed by atoms with Crippen molar-refractivity contribution in [1.82, 2.24) is 4.98 Å². The zero-order valence-electron chi connectivity index (χ0n) is 17.2. The van der Waals surface area contributed by atoms with Crippen LogP contribution in [-0.2, 0) is 20.9 Å². The summed E-state index contributed by atoms with van der Waals surface area (Å²) in [6.45, 7) is 0.350. The van der Waals surface area contributed by atoms with Gasteiger partial charge in [-0.2, -0.15) is 0 Å². The van der Waals surface area contributed by atoms with E-state index < -0.39 is 11.9 Å². The summed E-state index contributed by atoms with van der Waals surface area (Å²) in [6, 6.07) is 14.9. The molecule has 0 saturated carbocycles. The van der Waals surface area contributed by atoms with Gasteiger partial charge < -0.3 is 19.1 Å².